The van der Waals surface area contributed by atoms with Crippen LogP contribution in [0.25, 0.3) is 0 Å². The number of hydrogen-bond acceptors (Lipinski definition) is 3. The van der Waals surface area contributed by atoms with E-state index in [4.69, 9.17) is 0 Å². The summed E-state index contributed by atoms with van der Waals surface area (Å²) in [6, 6.07) is 0. The van der Waals surface area contributed by atoms with Crippen molar-refractivity contribution in [2.24, 2.45) is 0 Å². The Kier molecular flexibility index (Phi) is 3.68. The highest BCUT2D eigenvalue weighted by molar-refractivity contribution is 5.87. The Morgan fingerprint density at radius 3 is 2.73 bits per heavy atom. The van der Waals surface area contributed by atoms with E-state index in [9.17, 15) is 9.59 Å². The molecule has 15 heavy (non-hydrogen) atoms. The van der Waals surface area contributed by atoms with E-state index in [1.54, 1.807) is 11.8 Å². The van der Waals surface area contributed by atoms with Crippen molar-refractivity contribution >= 4 is 11.8 Å². The van der Waals surface area contributed by atoms with Crippen LogP contribution >= 0.6 is 0 Å². The lowest BCUT2D eigenvalue weighted by atomic mass is 10.1. The number of amides is 2. The molecule has 0 saturated carbocycles. The maximum Gasteiger partial charge on any atom is 0.243 e. The molecule has 0 aliphatic carbocycles. The third kappa shape index (κ3) is 2.92. The molecule has 1 aliphatic rings. The molecule has 1 fully saturated rings. The van der Waals surface area contributed by atoms with Crippen molar-refractivity contribution in [3.63, 3.8) is 0 Å². The average molecular weight is 213 g/mol. The minimum atomic E-state index is -0.464. The highest BCUT2D eigenvalue weighted by Crippen LogP contribution is 2.13. The van der Waals surface area contributed by atoms with Crippen LogP contribution in [0, 0.1) is 0 Å². The standard InChI is InChI=1S/C10H19N3O2/c1-4-8(14)11-5-6-13-7-12-10(2,3)9(13)15/h12H,4-7H2,1-3H3,(H,11,14). The lowest BCUT2D eigenvalue weighted by Crippen LogP contribution is -2.41. The summed E-state index contributed by atoms with van der Waals surface area (Å²) in [6.45, 7) is 7.19. The van der Waals surface area contributed by atoms with Crippen molar-refractivity contribution in [1.82, 2.24) is 15.5 Å². The zero-order valence-electron chi connectivity index (χ0n) is 9.59. The molecule has 0 atom stereocenters. The molecule has 0 aromatic carbocycles. The lowest BCUT2D eigenvalue weighted by molar-refractivity contribution is -0.131. The summed E-state index contributed by atoms with van der Waals surface area (Å²) in [5, 5.41) is 5.86. The van der Waals surface area contributed by atoms with Gasteiger partial charge in [-0.1, -0.05) is 6.92 Å². The van der Waals surface area contributed by atoms with Gasteiger partial charge in [-0.25, -0.2) is 0 Å². The van der Waals surface area contributed by atoms with Gasteiger partial charge in [0.2, 0.25) is 11.8 Å². The van der Waals surface area contributed by atoms with E-state index in [1.807, 2.05) is 13.8 Å². The first-order valence-corrected chi connectivity index (χ1v) is 5.28. The van der Waals surface area contributed by atoms with Gasteiger partial charge < -0.3 is 10.2 Å². The molecule has 1 saturated heterocycles. The number of nitrogens with zero attached hydrogens (tertiary/aromatic N) is 1. The smallest absolute Gasteiger partial charge is 0.243 e. The summed E-state index contributed by atoms with van der Waals surface area (Å²) < 4.78 is 0. The second kappa shape index (κ2) is 4.61. The molecule has 0 aromatic rings. The summed E-state index contributed by atoms with van der Waals surface area (Å²) in [5.41, 5.74) is -0.464. The molecular formula is C10H19N3O2. The van der Waals surface area contributed by atoms with Gasteiger partial charge in [0, 0.05) is 19.5 Å². The summed E-state index contributed by atoms with van der Waals surface area (Å²) in [6.07, 6.45) is 0.484. The molecule has 0 radical (unpaired) electrons. The van der Waals surface area contributed by atoms with E-state index in [2.05, 4.69) is 10.6 Å². The number of hydrogen-bond donors (Lipinski definition) is 2. The van der Waals surface area contributed by atoms with Crippen LogP contribution in [0.5, 0.6) is 0 Å². The SMILES string of the molecule is CCC(=O)NCCN1CNC(C)(C)C1=O. The van der Waals surface area contributed by atoms with Crippen molar-refractivity contribution in [3.05, 3.63) is 0 Å². The highest BCUT2D eigenvalue weighted by Gasteiger charge is 2.37. The fourth-order valence-corrected chi connectivity index (χ4v) is 1.47. The van der Waals surface area contributed by atoms with Gasteiger partial charge in [-0.05, 0) is 13.8 Å². The minimum absolute atomic E-state index is 0.0221. The Morgan fingerprint density at radius 2 is 2.27 bits per heavy atom. The molecule has 0 spiro atoms. The summed E-state index contributed by atoms with van der Waals surface area (Å²) >= 11 is 0. The van der Waals surface area contributed by atoms with E-state index in [1.165, 1.54) is 0 Å². The molecule has 0 unspecified atom stereocenters. The van der Waals surface area contributed by atoms with Gasteiger partial charge in [0.15, 0.2) is 0 Å². The summed E-state index contributed by atoms with van der Waals surface area (Å²) in [7, 11) is 0. The average Bonchev–Trinajstić information content (AvgIpc) is 2.44. The van der Waals surface area contributed by atoms with Gasteiger partial charge in [-0.2, -0.15) is 0 Å². The van der Waals surface area contributed by atoms with Crippen molar-refractivity contribution < 1.29 is 9.59 Å². The normalized spacial score (nSPS) is 19.4. The van der Waals surface area contributed by atoms with E-state index in [-0.39, 0.29) is 11.8 Å². The number of nitrogens with one attached hydrogen (secondary N) is 2. The molecular weight excluding hydrogens is 194 g/mol. The second-order valence-electron chi connectivity index (χ2n) is 4.23. The monoisotopic (exact) mass is 213 g/mol. The summed E-state index contributed by atoms with van der Waals surface area (Å²) in [5.74, 6) is 0.113. The van der Waals surface area contributed by atoms with Gasteiger partial charge in [0.05, 0.1) is 12.2 Å². The van der Waals surface area contributed by atoms with Crippen molar-refractivity contribution in [3.8, 4) is 0 Å². The zero-order chi connectivity index (χ0) is 11.5. The fourth-order valence-electron chi connectivity index (χ4n) is 1.47. The molecule has 2 amide bonds. The Bertz CT molecular complexity index is 263. The lowest BCUT2D eigenvalue weighted by Gasteiger charge is -2.18. The number of carbonyl (C=O) groups is 2. The summed E-state index contributed by atoms with van der Waals surface area (Å²) in [4.78, 5) is 24.4. The number of carbonyl (C=O) groups excluding carboxylic acids is 2. The van der Waals surface area contributed by atoms with Gasteiger partial charge in [0.1, 0.15) is 0 Å². The molecule has 0 bridgehead atoms. The third-order valence-electron chi connectivity index (χ3n) is 2.56. The predicted molar refractivity (Wildman–Crippen MR) is 57.1 cm³/mol. The molecule has 1 aliphatic heterocycles. The van der Waals surface area contributed by atoms with E-state index in [0.29, 0.717) is 26.2 Å². The molecule has 2 N–H and O–H groups in total. The van der Waals surface area contributed by atoms with Crippen molar-refractivity contribution in [1.29, 1.82) is 0 Å². The molecule has 0 aromatic heterocycles. The molecule has 86 valence electrons. The quantitative estimate of drug-likeness (QED) is 0.673. The van der Waals surface area contributed by atoms with E-state index in [0.717, 1.165) is 0 Å². The van der Waals surface area contributed by atoms with Crippen LogP contribution in [0.1, 0.15) is 27.2 Å². The van der Waals surface area contributed by atoms with Crippen LogP contribution in [0.15, 0.2) is 0 Å². The maximum atomic E-state index is 11.7. The highest BCUT2D eigenvalue weighted by atomic mass is 16.2. The van der Waals surface area contributed by atoms with Gasteiger partial charge in [-0.3, -0.25) is 14.9 Å². The minimum Gasteiger partial charge on any atom is -0.354 e. The van der Waals surface area contributed by atoms with Crippen molar-refractivity contribution in [2.45, 2.75) is 32.7 Å². The molecule has 1 rings (SSSR count). The van der Waals surface area contributed by atoms with Crippen LogP contribution < -0.4 is 10.6 Å². The van der Waals surface area contributed by atoms with Crippen LogP contribution in [-0.2, 0) is 9.59 Å². The van der Waals surface area contributed by atoms with Crippen LogP contribution in [-0.4, -0.2) is 42.0 Å². The first-order chi connectivity index (χ1) is 6.97. The van der Waals surface area contributed by atoms with Gasteiger partial charge in [-0.15, -0.1) is 0 Å². The number of rotatable bonds is 4. The first-order valence-electron chi connectivity index (χ1n) is 5.28. The topological polar surface area (TPSA) is 61.4 Å². The Balaban J connectivity index is 2.30. The largest absolute Gasteiger partial charge is 0.354 e. The Morgan fingerprint density at radius 1 is 1.60 bits per heavy atom. The molecule has 5 heteroatoms. The Labute approximate surface area is 90.2 Å². The Hall–Kier alpha value is -1.10. The predicted octanol–water partition coefficient (Wildman–Crippen LogP) is -0.319. The maximum absolute atomic E-state index is 11.7. The first kappa shape index (κ1) is 12.0. The van der Waals surface area contributed by atoms with Crippen LogP contribution in [0.4, 0.5) is 0 Å². The van der Waals surface area contributed by atoms with Crippen LogP contribution in [0.2, 0.25) is 0 Å². The van der Waals surface area contributed by atoms with Gasteiger partial charge >= 0.3 is 0 Å². The molecule has 5 nitrogen and oxygen atoms in total. The zero-order valence-corrected chi connectivity index (χ0v) is 9.59. The second-order valence-corrected chi connectivity index (χ2v) is 4.23. The fraction of sp³-hybridized carbons (Fsp3) is 0.800. The third-order valence-corrected chi connectivity index (χ3v) is 2.56. The van der Waals surface area contributed by atoms with Gasteiger partial charge in [0.25, 0.3) is 0 Å². The van der Waals surface area contributed by atoms with E-state index < -0.39 is 5.54 Å². The van der Waals surface area contributed by atoms with Crippen LogP contribution in [0.3, 0.4) is 0 Å². The van der Waals surface area contributed by atoms with E-state index >= 15 is 0 Å². The van der Waals surface area contributed by atoms with Crippen molar-refractivity contribution in [2.75, 3.05) is 19.8 Å². The molecule has 1 heterocycles.